The van der Waals surface area contributed by atoms with E-state index in [-0.39, 0.29) is 25.8 Å². The van der Waals surface area contributed by atoms with Gasteiger partial charge in [-0.1, -0.05) is 0 Å². The molecule has 0 aromatic carbocycles. The van der Waals surface area contributed by atoms with Gasteiger partial charge >= 0.3 is 0 Å². The topological polar surface area (TPSA) is 61.8 Å². The Kier molecular flexibility index (Phi) is 24.1. The molecule has 0 atom stereocenters. The summed E-state index contributed by atoms with van der Waals surface area (Å²) < 4.78 is 0. The number of hydrogen-bond donors (Lipinski definition) is 2. The Hall–Kier alpha value is 0.180. The Morgan fingerprint density at radius 2 is 1.25 bits per heavy atom. The molecule has 0 saturated heterocycles. The van der Waals surface area contributed by atoms with Crippen LogP contribution in [0.2, 0.25) is 0 Å². The molecule has 4 heavy (non-hydrogen) atoms. The molecule has 0 bridgehead atoms. The van der Waals surface area contributed by atoms with Crippen molar-refractivity contribution >= 4 is 0 Å². The van der Waals surface area contributed by atoms with Crippen LogP contribution < -0.4 is 4.91 Å². The maximum absolute atomic E-state index is 5.50. The van der Waals surface area contributed by atoms with Crippen molar-refractivity contribution in [1.82, 2.24) is 4.91 Å². The van der Waals surface area contributed by atoms with Gasteiger partial charge in [0.15, 0.2) is 0 Å². The van der Waals surface area contributed by atoms with Crippen molar-refractivity contribution < 1.29 is 25.8 Å². The summed E-state index contributed by atoms with van der Waals surface area (Å²) in [6.07, 6.45) is 0. The first-order valence-corrected chi connectivity index (χ1v) is 0.447. The summed E-state index contributed by atoms with van der Waals surface area (Å²) in [4.78, 5) is 2.00. The molecule has 0 aliphatic heterocycles. The zero-order valence-corrected chi connectivity index (χ0v) is 5.54. The van der Waals surface area contributed by atoms with Gasteiger partial charge in [-0.05, 0) is 0 Å². The number of hydrogen-bond acceptors (Lipinski definition) is 2. The summed E-state index contributed by atoms with van der Waals surface area (Å²) in [5.41, 5.74) is 11.0. The van der Waals surface area contributed by atoms with Crippen molar-refractivity contribution in [3.8, 4) is 0 Å². The Bertz CT molecular complexity index is 24.3. The van der Waals surface area contributed by atoms with Crippen molar-refractivity contribution in [1.29, 1.82) is 11.1 Å². The fraction of sp³-hybridized carbons (Fsp3) is 0. The summed E-state index contributed by atoms with van der Waals surface area (Å²) >= 11 is 0. The van der Waals surface area contributed by atoms with E-state index in [2.05, 4.69) is 0 Å². The Morgan fingerprint density at radius 3 is 1.25 bits per heavy atom. The van der Waals surface area contributed by atoms with E-state index >= 15 is 0 Å². The Morgan fingerprint density at radius 1 is 1.25 bits per heavy atom. The standard InChI is InChI=1S/Hf.H2N3/c;1-3-2/h;1-2H/q;+1. The molecule has 0 amide bonds. The second kappa shape index (κ2) is 10.9. The predicted molar refractivity (Wildman–Crippen MR) is 7.57 cm³/mol. The number of nitrogens with one attached hydrogen (secondary N) is 2. The van der Waals surface area contributed by atoms with Gasteiger partial charge in [0.2, 0.25) is 4.91 Å². The first-order valence-electron chi connectivity index (χ1n) is 0.447. The summed E-state index contributed by atoms with van der Waals surface area (Å²) in [7, 11) is 0. The Labute approximate surface area is 42.2 Å². The molecule has 0 heterocycles. The molecule has 0 unspecified atom stereocenters. The van der Waals surface area contributed by atoms with Gasteiger partial charge < -0.3 is 0 Å². The summed E-state index contributed by atoms with van der Waals surface area (Å²) in [5.74, 6) is 0. The van der Waals surface area contributed by atoms with Crippen molar-refractivity contribution in [2.24, 2.45) is 0 Å². The fourth-order valence-corrected chi connectivity index (χ4v) is 0. The second-order valence-electron chi connectivity index (χ2n) is 0.112. The molecule has 4 heteroatoms. The first kappa shape index (κ1) is 8.89. The largest absolute Gasteiger partial charge is 0.211 e. The average molecular weight is 223 g/mol. The second-order valence-corrected chi connectivity index (χ2v) is 0.112. The fourth-order valence-electron chi connectivity index (χ4n) is 0. The molecule has 0 radical (unpaired) electrons. The van der Waals surface area contributed by atoms with E-state index in [0.717, 1.165) is 0 Å². The van der Waals surface area contributed by atoms with E-state index in [1.54, 1.807) is 0 Å². The molecular weight excluding hydrogens is 221 g/mol. The van der Waals surface area contributed by atoms with Gasteiger partial charge in [-0.15, -0.1) is 0 Å². The van der Waals surface area contributed by atoms with E-state index in [0.29, 0.717) is 0 Å². The molecule has 0 aromatic heterocycles. The van der Waals surface area contributed by atoms with E-state index in [1.165, 1.54) is 0 Å². The van der Waals surface area contributed by atoms with Gasteiger partial charge in [0.05, 0.1) is 0 Å². The van der Waals surface area contributed by atoms with Crippen LogP contribution in [0.4, 0.5) is 0 Å². The molecular formula is H2HfN3+. The smallest absolute Gasteiger partial charge is 0 e. The third-order valence-corrected chi connectivity index (χ3v) is 0. The van der Waals surface area contributed by atoms with Crippen LogP contribution in [0.1, 0.15) is 0 Å². The quantitative estimate of drug-likeness (QED) is 0.332. The summed E-state index contributed by atoms with van der Waals surface area (Å²) in [6, 6.07) is 0. The molecule has 0 aliphatic rings. The van der Waals surface area contributed by atoms with Crippen LogP contribution in [0.15, 0.2) is 0 Å². The third kappa shape index (κ3) is 93.6. The molecule has 0 spiro atoms. The van der Waals surface area contributed by atoms with Crippen molar-refractivity contribution in [2.45, 2.75) is 0 Å². The van der Waals surface area contributed by atoms with Crippen LogP contribution in [-0.2, 0) is 25.8 Å². The van der Waals surface area contributed by atoms with Crippen molar-refractivity contribution in [3.05, 3.63) is 0 Å². The van der Waals surface area contributed by atoms with Gasteiger partial charge in [0.25, 0.3) is 0 Å². The molecule has 0 rings (SSSR count). The Balaban J connectivity index is 0. The zero-order valence-electron chi connectivity index (χ0n) is 1.95. The molecule has 3 nitrogen and oxygen atoms in total. The normalized spacial score (nSPS) is 2.00. The first-order chi connectivity index (χ1) is 1.41. The van der Waals surface area contributed by atoms with Crippen LogP contribution >= 0.6 is 0 Å². The van der Waals surface area contributed by atoms with Crippen LogP contribution in [0.25, 0.3) is 0 Å². The molecule has 0 aliphatic carbocycles. The molecule has 20 valence electrons. The minimum Gasteiger partial charge on any atom is 0 e. The van der Waals surface area contributed by atoms with E-state index in [4.69, 9.17) is 11.1 Å². The van der Waals surface area contributed by atoms with Crippen LogP contribution in [0.3, 0.4) is 0 Å². The van der Waals surface area contributed by atoms with Crippen LogP contribution in [-0.4, -0.2) is 0 Å². The van der Waals surface area contributed by atoms with Crippen molar-refractivity contribution in [3.63, 3.8) is 0 Å². The summed E-state index contributed by atoms with van der Waals surface area (Å²) in [6.45, 7) is 0. The number of nitrogens with zero attached hydrogens (tertiary/aromatic N) is 1. The van der Waals surface area contributed by atoms with Gasteiger partial charge in [-0.3, -0.25) is 0 Å². The molecule has 0 saturated carbocycles. The summed E-state index contributed by atoms with van der Waals surface area (Å²) in [5, 5.41) is 0. The SMILES string of the molecule is N=[N+]=N.[Hf]. The average Bonchev–Trinajstić information content (AvgIpc) is 0.918. The van der Waals surface area contributed by atoms with Crippen LogP contribution in [0, 0.1) is 11.1 Å². The van der Waals surface area contributed by atoms with Gasteiger partial charge in [-0.25, -0.2) is 0 Å². The predicted octanol–water partition coefficient (Wildman–Crippen LogP) is 0.113. The molecule has 0 fully saturated rings. The van der Waals surface area contributed by atoms with Crippen LogP contribution in [0.5, 0.6) is 0 Å². The van der Waals surface area contributed by atoms with Crippen molar-refractivity contribution in [2.75, 3.05) is 0 Å². The maximum Gasteiger partial charge on any atom is 0.211 e. The minimum atomic E-state index is 0. The minimum absolute atomic E-state index is 0. The number of rotatable bonds is 0. The van der Waals surface area contributed by atoms with Gasteiger partial charge in [0.1, 0.15) is 11.1 Å². The maximum atomic E-state index is 5.50. The van der Waals surface area contributed by atoms with E-state index in [1.807, 2.05) is 4.91 Å². The third-order valence-electron chi connectivity index (χ3n) is 0. The zero-order chi connectivity index (χ0) is 2.71. The van der Waals surface area contributed by atoms with Gasteiger partial charge in [0, 0.05) is 25.8 Å². The van der Waals surface area contributed by atoms with Gasteiger partial charge in [-0.2, -0.15) is 0 Å². The van der Waals surface area contributed by atoms with E-state index in [9.17, 15) is 0 Å². The monoisotopic (exact) mass is 224 g/mol. The molecule has 0 aromatic rings. The molecule has 2 N–H and O–H groups in total. The van der Waals surface area contributed by atoms with E-state index < -0.39 is 0 Å².